The van der Waals surface area contributed by atoms with Crippen LogP contribution in [0.5, 0.6) is 0 Å². The molecular weight excluding hydrogens is 354 g/mol. The second-order valence-electron chi connectivity index (χ2n) is 5.94. The highest BCUT2D eigenvalue weighted by Gasteiger charge is 2.10. The Morgan fingerprint density at radius 2 is 1.22 bits per heavy atom. The van der Waals surface area contributed by atoms with Crippen molar-refractivity contribution in [3.8, 4) is 33.9 Å². The number of hydrogen-bond donors (Lipinski definition) is 1. The fraction of sp³-hybridized carbons (Fsp3) is 0. The lowest BCUT2D eigenvalue weighted by Gasteiger charge is -2.09. The first-order valence-corrected chi connectivity index (χ1v) is 8.84. The first-order chi connectivity index (χ1) is 13.2. The molecule has 0 aliphatic heterocycles. The minimum absolute atomic E-state index is 0.250. The van der Waals surface area contributed by atoms with E-state index in [-0.39, 0.29) is 5.12 Å². The molecule has 0 atom stereocenters. The number of pyridine rings is 3. The molecule has 3 heterocycles. The van der Waals surface area contributed by atoms with Crippen LogP contribution in [0.25, 0.3) is 33.9 Å². The summed E-state index contributed by atoms with van der Waals surface area (Å²) in [6.07, 6.45) is 3.49. The third-order valence-electron chi connectivity index (χ3n) is 4.15. The van der Waals surface area contributed by atoms with Crippen LogP contribution >= 0.6 is 12.6 Å². The lowest BCUT2D eigenvalue weighted by Crippen LogP contribution is -1.94. The van der Waals surface area contributed by atoms with Crippen LogP contribution in [0.1, 0.15) is 10.4 Å². The summed E-state index contributed by atoms with van der Waals surface area (Å²) in [6, 6.07) is 22.8. The molecule has 0 unspecified atom stereocenters. The van der Waals surface area contributed by atoms with Gasteiger partial charge < -0.3 is 0 Å². The van der Waals surface area contributed by atoms with Gasteiger partial charge in [-0.25, -0.2) is 4.98 Å². The number of hydrogen-bond acceptors (Lipinski definition) is 4. The normalized spacial score (nSPS) is 10.6. The molecule has 3 aromatic heterocycles. The number of aromatic nitrogens is 3. The second-order valence-corrected chi connectivity index (χ2v) is 6.34. The summed E-state index contributed by atoms with van der Waals surface area (Å²) in [5.41, 5.74) is 5.63. The van der Waals surface area contributed by atoms with Crippen LogP contribution in [-0.2, 0) is 0 Å². The third-order valence-corrected chi connectivity index (χ3v) is 4.40. The topological polar surface area (TPSA) is 55.7 Å². The van der Waals surface area contributed by atoms with Gasteiger partial charge in [0.2, 0.25) is 5.12 Å². The van der Waals surface area contributed by atoms with Crippen molar-refractivity contribution in [2.45, 2.75) is 0 Å². The van der Waals surface area contributed by atoms with Gasteiger partial charge in [-0.2, -0.15) is 0 Å². The molecule has 0 saturated heterocycles. The van der Waals surface area contributed by atoms with Crippen molar-refractivity contribution in [1.29, 1.82) is 0 Å². The molecule has 130 valence electrons. The van der Waals surface area contributed by atoms with Crippen molar-refractivity contribution in [2.75, 3.05) is 0 Å². The van der Waals surface area contributed by atoms with Crippen LogP contribution in [0.15, 0.2) is 85.2 Å². The number of carbonyl (C=O) groups is 1. The van der Waals surface area contributed by atoms with E-state index in [0.29, 0.717) is 5.56 Å². The van der Waals surface area contributed by atoms with E-state index in [2.05, 4.69) is 22.6 Å². The van der Waals surface area contributed by atoms with Crippen molar-refractivity contribution >= 4 is 17.7 Å². The molecule has 0 N–H and O–H groups in total. The van der Waals surface area contributed by atoms with E-state index in [9.17, 15) is 4.79 Å². The number of nitrogens with zero attached hydrogens (tertiary/aromatic N) is 3. The second kappa shape index (κ2) is 7.51. The Balaban J connectivity index is 1.86. The van der Waals surface area contributed by atoms with Crippen LogP contribution in [0, 0.1) is 0 Å². The quantitative estimate of drug-likeness (QED) is 0.518. The Kier molecular flexibility index (Phi) is 4.77. The predicted octanol–water partition coefficient (Wildman–Crippen LogP) is 4.94. The summed E-state index contributed by atoms with van der Waals surface area (Å²) in [7, 11) is 0. The number of benzene rings is 1. The Morgan fingerprint density at radius 3 is 1.67 bits per heavy atom. The SMILES string of the molecule is O=C(S)c1ccc(-c2cc(-c3ccccn3)nc(-c3ccccn3)c2)cc1. The number of thiol groups is 1. The van der Waals surface area contributed by atoms with E-state index in [4.69, 9.17) is 4.98 Å². The molecule has 4 nitrogen and oxygen atoms in total. The molecule has 0 radical (unpaired) electrons. The molecule has 0 aliphatic carbocycles. The Morgan fingerprint density at radius 1 is 0.667 bits per heavy atom. The van der Waals surface area contributed by atoms with E-state index in [1.54, 1.807) is 24.5 Å². The lowest BCUT2D eigenvalue weighted by atomic mass is 10.0. The van der Waals surface area contributed by atoms with Gasteiger partial charge in [0.25, 0.3) is 0 Å². The molecule has 27 heavy (non-hydrogen) atoms. The summed E-state index contributed by atoms with van der Waals surface area (Å²) in [4.78, 5) is 25.0. The van der Waals surface area contributed by atoms with Crippen molar-refractivity contribution in [3.63, 3.8) is 0 Å². The molecule has 0 amide bonds. The first kappa shape index (κ1) is 17.1. The average molecular weight is 369 g/mol. The van der Waals surface area contributed by atoms with E-state index < -0.39 is 0 Å². The number of rotatable bonds is 4. The zero-order valence-corrected chi connectivity index (χ0v) is 15.2. The summed E-state index contributed by atoms with van der Waals surface area (Å²) in [5.74, 6) is 0. The summed E-state index contributed by atoms with van der Waals surface area (Å²) < 4.78 is 0. The van der Waals surface area contributed by atoms with Gasteiger partial charge in [-0.3, -0.25) is 14.8 Å². The summed E-state index contributed by atoms with van der Waals surface area (Å²) in [5, 5.41) is -0.250. The zero-order chi connectivity index (χ0) is 18.6. The number of carbonyl (C=O) groups excluding carboxylic acids is 1. The van der Waals surface area contributed by atoms with Crippen molar-refractivity contribution in [2.24, 2.45) is 0 Å². The largest absolute Gasteiger partial charge is 0.282 e. The maximum absolute atomic E-state index is 11.4. The van der Waals surface area contributed by atoms with Gasteiger partial charge in [0.05, 0.1) is 22.8 Å². The first-order valence-electron chi connectivity index (χ1n) is 8.39. The van der Waals surface area contributed by atoms with Gasteiger partial charge in [-0.15, -0.1) is 12.6 Å². The smallest absolute Gasteiger partial charge is 0.216 e. The average Bonchev–Trinajstić information content (AvgIpc) is 2.75. The van der Waals surface area contributed by atoms with Crippen LogP contribution in [0.2, 0.25) is 0 Å². The molecule has 4 aromatic rings. The van der Waals surface area contributed by atoms with Gasteiger partial charge in [-0.05, 0) is 59.7 Å². The highest BCUT2D eigenvalue weighted by molar-refractivity contribution is 7.97. The van der Waals surface area contributed by atoms with Gasteiger partial charge in [0.15, 0.2) is 0 Å². The van der Waals surface area contributed by atoms with E-state index in [1.165, 1.54) is 0 Å². The van der Waals surface area contributed by atoms with Gasteiger partial charge >= 0.3 is 0 Å². The molecule has 0 spiro atoms. The van der Waals surface area contributed by atoms with E-state index in [1.807, 2.05) is 60.7 Å². The fourth-order valence-electron chi connectivity index (χ4n) is 2.79. The molecule has 0 saturated carbocycles. The maximum Gasteiger partial charge on any atom is 0.216 e. The standard InChI is InChI=1S/C22H15N3OS/c26-22(27)16-9-7-15(8-10-16)17-13-20(18-5-1-3-11-23-18)25-21(14-17)19-6-2-4-12-24-19/h1-14H,(H,26,27). The minimum Gasteiger partial charge on any atom is -0.282 e. The predicted molar refractivity (Wildman–Crippen MR) is 109 cm³/mol. The highest BCUT2D eigenvalue weighted by atomic mass is 32.1. The lowest BCUT2D eigenvalue weighted by molar-refractivity contribution is 0.109. The monoisotopic (exact) mass is 369 g/mol. The zero-order valence-electron chi connectivity index (χ0n) is 14.3. The molecular formula is C22H15N3OS. The van der Waals surface area contributed by atoms with Gasteiger partial charge in [0, 0.05) is 18.0 Å². The highest BCUT2D eigenvalue weighted by Crippen LogP contribution is 2.29. The fourth-order valence-corrected chi connectivity index (χ4v) is 2.94. The van der Waals surface area contributed by atoms with Crippen LogP contribution < -0.4 is 0 Å². The third kappa shape index (κ3) is 3.78. The van der Waals surface area contributed by atoms with Crippen molar-refractivity contribution in [3.05, 3.63) is 90.8 Å². The minimum atomic E-state index is -0.250. The van der Waals surface area contributed by atoms with E-state index in [0.717, 1.165) is 33.9 Å². The van der Waals surface area contributed by atoms with Crippen LogP contribution in [-0.4, -0.2) is 20.1 Å². The summed E-state index contributed by atoms with van der Waals surface area (Å²) >= 11 is 3.87. The van der Waals surface area contributed by atoms with Gasteiger partial charge in [-0.1, -0.05) is 24.3 Å². The molecule has 0 aliphatic rings. The Labute approximate surface area is 162 Å². The van der Waals surface area contributed by atoms with Crippen LogP contribution in [0.4, 0.5) is 0 Å². The Bertz CT molecular complexity index is 1020. The van der Waals surface area contributed by atoms with Gasteiger partial charge in [0.1, 0.15) is 0 Å². The summed E-state index contributed by atoms with van der Waals surface area (Å²) in [6.45, 7) is 0. The molecule has 1 aromatic carbocycles. The van der Waals surface area contributed by atoms with Crippen LogP contribution in [0.3, 0.4) is 0 Å². The molecule has 0 bridgehead atoms. The molecule has 0 fully saturated rings. The van der Waals surface area contributed by atoms with Crippen molar-refractivity contribution < 1.29 is 4.79 Å². The molecule has 5 heteroatoms. The van der Waals surface area contributed by atoms with Crippen molar-refractivity contribution in [1.82, 2.24) is 15.0 Å². The van der Waals surface area contributed by atoms with E-state index >= 15 is 0 Å². The molecule has 4 rings (SSSR count). The Hall–Kier alpha value is -3.31. The maximum atomic E-state index is 11.4.